The number of rotatable bonds is 7. The average molecular weight is 488 g/mol. The number of hydrogen-bond acceptors (Lipinski definition) is 6. The Kier molecular flexibility index (Phi) is 6.34. The first-order chi connectivity index (χ1) is 17.4. The summed E-state index contributed by atoms with van der Waals surface area (Å²) in [7, 11) is 0. The van der Waals surface area contributed by atoms with E-state index in [2.05, 4.69) is 31.3 Å². The third-order valence-corrected chi connectivity index (χ3v) is 7.71. The van der Waals surface area contributed by atoms with Crippen LogP contribution in [0.4, 0.5) is 0 Å². The van der Waals surface area contributed by atoms with Crippen LogP contribution in [0.2, 0.25) is 0 Å². The summed E-state index contributed by atoms with van der Waals surface area (Å²) in [4.78, 5) is 25.4. The second-order valence-corrected chi connectivity index (χ2v) is 10.0. The monoisotopic (exact) mass is 487 g/mol. The zero-order valence-corrected chi connectivity index (χ0v) is 20.9. The van der Waals surface area contributed by atoms with Crippen molar-refractivity contribution < 1.29 is 9.59 Å². The van der Waals surface area contributed by atoms with E-state index in [0.717, 1.165) is 54.4 Å². The number of amides is 2. The highest BCUT2D eigenvalue weighted by Crippen LogP contribution is 2.51. The summed E-state index contributed by atoms with van der Waals surface area (Å²) in [6, 6.07) is 11.8. The van der Waals surface area contributed by atoms with E-state index in [1.54, 1.807) is 0 Å². The number of aromatic amines is 1. The lowest BCUT2D eigenvalue weighted by Crippen LogP contribution is -2.52. The molecule has 5 N–H and O–H groups in total. The van der Waals surface area contributed by atoms with Crippen LogP contribution in [-0.4, -0.2) is 51.1 Å². The van der Waals surface area contributed by atoms with Crippen molar-refractivity contribution in [2.45, 2.75) is 63.3 Å². The number of tetrazole rings is 1. The van der Waals surface area contributed by atoms with Crippen LogP contribution in [0.1, 0.15) is 88.3 Å². The molecule has 1 saturated carbocycles. The van der Waals surface area contributed by atoms with E-state index in [4.69, 9.17) is 5.73 Å². The maximum Gasteiger partial charge on any atom is 0.251 e. The van der Waals surface area contributed by atoms with Gasteiger partial charge in [-0.3, -0.25) is 9.59 Å². The number of aromatic nitrogens is 4. The molecule has 2 aliphatic rings. The molecule has 3 aromatic rings. The molecule has 0 aliphatic heterocycles. The predicted octanol–water partition coefficient (Wildman–Crippen LogP) is 2.40. The van der Waals surface area contributed by atoms with E-state index in [1.807, 2.05) is 50.2 Å². The summed E-state index contributed by atoms with van der Waals surface area (Å²) in [5.41, 5.74) is 11.3. The number of fused-ring (bicyclic) bond motifs is 2. The van der Waals surface area contributed by atoms with Gasteiger partial charge in [-0.2, -0.15) is 0 Å². The summed E-state index contributed by atoms with van der Waals surface area (Å²) in [5, 5.41) is 21.2. The van der Waals surface area contributed by atoms with Crippen molar-refractivity contribution in [2.75, 3.05) is 13.1 Å². The number of nitrogens with zero attached hydrogens (tertiary/aromatic N) is 3. The van der Waals surface area contributed by atoms with Crippen LogP contribution in [0.3, 0.4) is 0 Å². The van der Waals surface area contributed by atoms with Gasteiger partial charge >= 0.3 is 0 Å². The zero-order chi connectivity index (χ0) is 25.3. The van der Waals surface area contributed by atoms with Gasteiger partial charge in [-0.25, -0.2) is 5.10 Å². The highest BCUT2D eigenvalue weighted by Gasteiger charge is 2.50. The van der Waals surface area contributed by atoms with E-state index in [-0.39, 0.29) is 17.4 Å². The van der Waals surface area contributed by atoms with Crippen LogP contribution in [0.15, 0.2) is 36.4 Å². The second-order valence-electron chi connectivity index (χ2n) is 10.0. The van der Waals surface area contributed by atoms with Crippen LogP contribution in [0, 0.1) is 0 Å². The van der Waals surface area contributed by atoms with Gasteiger partial charge < -0.3 is 16.4 Å². The molecule has 0 bridgehead atoms. The molecule has 188 valence electrons. The number of benzene rings is 2. The van der Waals surface area contributed by atoms with Gasteiger partial charge in [0, 0.05) is 29.8 Å². The van der Waals surface area contributed by atoms with Crippen molar-refractivity contribution >= 4 is 11.8 Å². The standard InChI is InChI=1S/C27H33N7O2/c1-3-29-23(35)19-8-10-21-17(14-19)6-7-18-15-20(24(36)30-4-2)9-11-22(18)27(21,25-31-33-34-32-25)16-26(28)12-5-13-26/h8-11,14-15H,3-7,12-13,16,28H2,1-2H3,(H,29,35)(H,30,36)(H,31,32,33,34). The molecule has 0 unspecified atom stereocenters. The van der Waals surface area contributed by atoms with E-state index in [9.17, 15) is 9.59 Å². The summed E-state index contributed by atoms with van der Waals surface area (Å²) < 4.78 is 0. The van der Waals surface area contributed by atoms with Gasteiger partial charge in [-0.1, -0.05) is 12.1 Å². The summed E-state index contributed by atoms with van der Waals surface area (Å²) in [6.45, 7) is 4.94. The van der Waals surface area contributed by atoms with Crippen LogP contribution in [0.5, 0.6) is 0 Å². The Labute approximate surface area is 210 Å². The van der Waals surface area contributed by atoms with Gasteiger partial charge in [0.2, 0.25) is 0 Å². The number of nitrogens with one attached hydrogen (secondary N) is 3. The van der Waals surface area contributed by atoms with E-state index in [0.29, 0.717) is 36.5 Å². The van der Waals surface area contributed by atoms with Crippen LogP contribution < -0.4 is 16.4 Å². The molecular formula is C27H33N7O2. The Balaban J connectivity index is 1.74. The molecular weight excluding hydrogens is 454 g/mol. The first kappa shape index (κ1) is 24.1. The highest BCUT2D eigenvalue weighted by atomic mass is 16.2. The van der Waals surface area contributed by atoms with Gasteiger partial charge in [-0.15, -0.1) is 5.10 Å². The topological polar surface area (TPSA) is 139 Å². The summed E-state index contributed by atoms with van der Waals surface area (Å²) in [6.07, 6.45) is 5.00. The molecule has 36 heavy (non-hydrogen) atoms. The molecule has 9 heteroatoms. The molecule has 2 aromatic carbocycles. The van der Waals surface area contributed by atoms with Gasteiger partial charge in [-0.05, 0) is 109 Å². The SMILES string of the molecule is CCNC(=O)c1ccc2c(c1)CCc1cc(C(=O)NCC)ccc1C2(CC1(N)CCC1)c1nnn[nH]1. The molecule has 9 nitrogen and oxygen atoms in total. The smallest absolute Gasteiger partial charge is 0.251 e. The Bertz CT molecular complexity index is 1210. The Morgan fingerprint density at radius 3 is 1.92 bits per heavy atom. The van der Waals surface area contributed by atoms with Crippen LogP contribution in [0.25, 0.3) is 0 Å². The lowest BCUT2D eigenvalue weighted by molar-refractivity contribution is 0.0947. The average Bonchev–Trinajstić information content (AvgIpc) is 3.37. The van der Waals surface area contributed by atoms with E-state index >= 15 is 0 Å². The highest BCUT2D eigenvalue weighted by molar-refractivity contribution is 5.95. The fourth-order valence-electron chi connectivity index (χ4n) is 5.86. The van der Waals surface area contributed by atoms with Gasteiger partial charge in [0.1, 0.15) is 0 Å². The fraction of sp³-hybridized carbons (Fsp3) is 0.444. The Morgan fingerprint density at radius 1 is 0.944 bits per heavy atom. The largest absolute Gasteiger partial charge is 0.352 e. The third kappa shape index (κ3) is 4.07. The van der Waals surface area contributed by atoms with Gasteiger partial charge in [0.25, 0.3) is 11.8 Å². The molecule has 1 aromatic heterocycles. The third-order valence-electron chi connectivity index (χ3n) is 7.71. The van der Waals surface area contributed by atoms with Crippen LogP contribution >= 0.6 is 0 Å². The first-order valence-electron chi connectivity index (χ1n) is 12.8. The molecule has 0 spiro atoms. The second kappa shape index (κ2) is 9.46. The number of carbonyl (C=O) groups is 2. The minimum Gasteiger partial charge on any atom is -0.352 e. The summed E-state index contributed by atoms with van der Waals surface area (Å²) in [5.74, 6) is 0.434. The van der Waals surface area contributed by atoms with Crippen molar-refractivity contribution in [3.8, 4) is 0 Å². The van der Waals surface area contributed by atoms with E-state index in [1.165, 1.54) is 0 Å². The number of carbonyl (C=O) groups excluding carboxylic acids is 2. The molecule has 1 fully saturated rings. The van der Waals surface area contributed by atoms with Crippen molar-refractivity contribution in [2.24, 2.45) is 5.73 Å². The number of hydrogen-bond donors (Lipinski definition) is 4. The van der Waals surface area contributed by atoms with E-state index < -0.39 is 5.41 Å². The quantitative estimate of drug-likeness (QED) is 0.404. The molecule has 0 saturated heterocycles. The Morgan fingerprint density at radius 2 is 1.50 bits per heavy atom. The lowest BCUT2D eigenvalue weighted by atomic mass is 9.60. The maximum absolute atomic E-state index is 12.7. The maximum atomic E-state index is 12.7. The van der Waals surface area contributed by atoms with Crippen molar-refractivity contribution in [3.63, 3.8) is 0 Å². The molecule has 0 radical (unpaired) electrons. The number of nitrogens with two attached hydrogens (primary N) is 1. The van der Waals surface area contributed by atoms with Gasteiger partial charge in [0.05, 0.1) is 5.41 Å². The minimum atomic E-state index is -0.737. The van der Waals surface area contributed by atoms with Crippen molar-refractivity contribution in [1.82, 2.24) is 31.3 Å². The first-order valence-corrected chi connectivity index (χ1v) is 12.8. The molecule has 1 heterocycles. The summed E-state index contributed by atoms with van der Waals surface area (Å²) >= 11 is 0. The normalized spacial score (nSPS) is 17.2. The molecule has 5 rings (SSSR count). The fourth-order valence-corrected chi connectivity index (χ4v) is 5.86. The molecule has 2 aliphatic carbocycles. The molecule has 2 amide bonds. The molecule has 0 atom stereocenters. The van der Waals surface area contributed by atoms with Crippen molar-refractivity contribution in [1.29, 1.82) is 0 Å². The Hall–Kier alpha value is -3.59. The number of H-pyrrole nitrogens is 1. The van der Waals surface area contributed by atoms with Crippen LogP contribution in [-0.2, 0) is 18.3 Å². The lowest BCUT2D eigenvalue weighted by Gasteiger charge is -2.46. The predicted molar refractivity (Wildman–Crippen MR) is 136 cm³/mol. The number of aryl methyl sites for hydroxylation is 2. The van der Waals surface area contributed by atoms with Crippen molar-refractivity contribution in [3.05, 3.63) is 75.6 Å². The minimum absolute atomic E-state index is 0.0956. The zero-order valence-electron chi connectivity index (χ0n) is 20.9. The van der Waals surface area contributed by atoms with Gasteiger partial charge in [0.15, 0.2) is 5.82 Å².